The Labute approximate surface area is 270 Å². The van der Waals surface area contributed by atoms with E-state index in [2.05, 4.69) is 20.9 Å². The number of nitrogens with zero attached hydrogens (tertiary/aromatic N) is 2. The van der Waals surface area contributed by atoms with Crippen LogP contribution in [0.2, 0.25) is 0 Å². The third-order valence-corrected chi connectivity index (χ3v) is 11.3. The summed E-state index contributed by atoms with van der Waals surface area (Å²) in [7, 11) is -3.48. The van der Waals surface area contributed by atoms with Crippen LogP contribution in [0.25, 0.3) is 0 Å². The molecule has 2 heterocycles. The fraction of sp³-hybridized carbons (Fsp3) is 0.424. The van der Waals surface area contributed by atoms with Crippen LogP contribution < -0.4 is 16.0 Å². The van der Waals surface area contributed by atoms with Crippen LogP contribution in [-0.4, -0.2) is 66.5 Å². The average Bonchev–Trinajstić information content (AvgIpc) is 3.94. The number of piperazine rings is 1. The predicted molar refractivity (Wildman–Crippen MR) is 166 cm³/mol. The maximum Gasteiger partial charge on any atom is 0.247 e. The van der Waals surface area contributed by atoms with Gasteiger partial charge in [0.05, 0.1) is 23.3 Å². The van der Waals surface area contributed by atoms with E-state index in [1.165, 1.54) is 22.6 Å². The van der Waals surface area contributed by atoms with Crippen LogP contribution in [0.3, 0.4) is 0 Å². The van der Waals surface area contributed by atoms with Crippen molar-refractivity contribution in [2.75, 3.05) is 25.0 Å². The van der Waals surface area contributed by atoms with Gasteiger partial charge in [0.15, 0.2) is 0 Å². The first-order valence-electron chi connectivity index (χ1n) is 15.7. The minimum atomic E-state index is -3.48. The summed E-state index contributed by atoms with van der Waals surface area (Å²) in [5.74, 6) is -5.87. The molecular formula is C33H35F4N5O4S. The summed E-state index contributed by atoms with van der Waals surface area (Å²) in [5, 5.41) is 8.20. The second-order valence-corrected chi connectivity index (χ2v) is 14.5. The Balaban J connectivity index is 1.30. The second kappa shape index (κ2) is 13.7. The molecule has 250 valence electrons. The van der Waals surface area contributed by atoms with Gasteiger partial charge in [-0.3, -0.25) is 14.6 Å². The number of hydrogen-bond acceptors (Lipinski definition) is 6. The van der Waals surface area contributed by atoms with E-state index in [1.807, 2.05) is 0 Å². The van der Waals surface area contributed by atoms with Crippen molar-refractivity contribution in [3.63, 3.8) is 0 Å². The highest BCUT2D eigenvalue weighted by Crippen LogP contribution is 2.35. The van der Waals surface area contributed by atoms with Crippen molar-refractivity contribution in [2.45, 2.75) is 61.8 Å². The molecule has 0 spiro atoms. The maximum atomic E-state index is 15.3. The van der Waals surface area contributed by atoms with E-state index >= 15 is 4.39 Å². The number of anilines is 1. The van der Waals surface area contributed by atoms with Crippen molar-refractivity contribution >= 4 is 27.5 Å². The average molecular weight is 674 g/mol. The minimum Gasteiger partial charge on any atom is -0.343 e. The number of aromatic nitrogens is 1. The molecule has 2 saturated carbocycles. The number of hydrogen-bond donors (Lipinski definition) is 3. The zero-order valence-corrected chi connectivity index (χ0v) is 26.2. The van der Waals surface area contributed by atoms with Crippen LogP contribution in [0.1, 0.15) is 54.7 Å². The molecule has 0 unspecified atom stereocenters. The summed E-state index contributed by atoms with van der Waals surface area (Å²) in [4.78, 5) is 31.1. The Morgan fingerprint density at radius 3 is 2.30 bits per heavy atom. The molecule has 9 nitrogen and oxygen atoms in total. The molecule has 3 aliphatic rings. The van der Waals surface area contributed by atoms with Gasteiger partial charge in [-0.1, -0.05) is 12.1 Å². The van der Waals surface area contributed by atoms with E-state index in [4.69, 9.17) is 0 Å². The Kier molecular flexibility index (Phi) is 9.62. The highest BCUT2D eigenvalue weighted by Gasteiger charge is 2.43. The molecule has 3 aromatic rings. The van der Waals surface area contributed by atoms with E-state index in [1.54, 1.807) is 0 Å². The van der Waals surface area contributed by atoms with Crippen LogP contribution >= 0.6 is 0 Å². The molecule has 14 heteroatoms. The van der Waals surface area contributed by atoms with E-state index < -0.39 is 63.1 Å². The fourth-order valence-electron chi connectivity index (χ4n) is 6.14. The quantitative estimate of drug-likeness (QED) is 0.250. The van der Waals surface area contributed by atoms with E-state index in [0.29, 0.717) is 56.9 Å². The minimum absolute atomic E-state index is 0.00400. The van der Waals surface area contributed by atoms with Crippen LogP contribution in [0.15, 0.2) is 54.9 Å². The van der Waals surface area contributed by atoms with Gasteiger partial charge >= 0.3 is 0 Å². The monoisotopic (exact) mass is 673 g/mol. The molecule has 3 fully saturated rings. The highest BCUT2D eigenvalue weighted by molar-refractivity contribution is 7.90. The lowest BCUT2D eigenvalue weighted by atomic mass is 9.84. The third-order valence-electron chi connectivity index (χ3n) is 8.89. The Hall–Kier alpha value is -3.88. The maximum absolute atomic E-state index is 15.3. The molecule has 2 aliphatic carbocycles. The summed E-state index contributed by atoms with van der Waals surface area (Å²) in [6.45, 7) is 1.20. The highest BCUT2D eigenvalue weighted by atomic mass is 32.2. The van der Waals surface area contributed by atoms with Crippen molar-refractivity contribution in [3.8, 4) is 0 Å². The van der Waals surface area contributed by atoms with Crippen molar-refractivity contribution in [2.24, 2.45) is 5.92 Å². The Morgan fingerprint density at radius 1 is 0.936 bits per heavy atom. The molecule has 2 amide bonds. The topological polar surface area (TPSA) is 120 Å². The number of nitrogens with one attached hydrogen (secondary N) is 3. The lowest BCUT2D eigenvalue weighted by Gasteiger charge is -2.35. The van der Waals surface area contributed by atoms with Crippen LogP contribution in [-0.2, 0) is 26.0 Å². The number of benzene rings is 2. The van der Waals surface area contributed by atoms with Gasteiger partial charge in [-0.05, 0) is 73.9 Å². The molecular weight excluding hydrogens is 638 g/mol. The standard InChI is InChI=1S/C33H35F4N5O4S/c34-22-5-3-19(4-6-22)30(21-13-23(35)15-24(36)14-21)31(41-32(43)20-1-2-20)33(44)40-29-18-39-17-28(37)27(29)10-7-25-16-38-11-12-42(25)47(45,46)26-8-9-26/h3-6,13-15,17-18,20,25-26,30-31,38H,1-2,7-12,16H2,(H,40,44)(H,41,43)/t25-,30-,31-/m0/s1. The molecule has 0 radical (unpaired) electrons. The first-order valence-corrected chi connectivity index (χ1v) is 17.2. The first-order chi connectivity index (χ1) is 22.5. The number of sulfonamides is 1. The van der Waals surface area contributed by atoms with E-state index in [-0.39, 0.29) is 40.8 Å². The fourth-order valence-corrected chi connectivity index (χ4v) is 8.20. The van der Waals surface area contributed by atoms with E-state index in [9.17, 15) is 31.2 Å². The molecule has 1 aromatic heterocycles. The Morgan fingerprint density at radius 2 is 1.64 bits per heavy atom. The van der Waals surface area contributed by atoms with Crippen molar-refractivity contribution in [1.29, 1.82) is 0 Å². The lowest BCUT2D eigenvalue weighted by molar-refractivity contribution is -0.127. The first kappa shape index (κ1) is 33.0. The SMILES string of the molecule is O=C(N[C@H](C(=O)Nc1cncc(F)c1CC[C@H]1CNCCN1S(=O)(=O)C1CC1)[C@@H](c1ccc(F)cc1)c1cc(F)cc(F)c1)C1CC1. The van der Waals surface area contributed by atoms with Crippen LogP contribution in [0, 0.1) is 29.2 Å². The predicted octanol–water partition coefficient (Wildman–Crippen LogP) is 4.00. The molecule has 47 heavy (non-hydrogen) atoms. The Bertz CT molecular complexity index is 1730. The largest absolute Gasteiger partial charge is 0.343 e. The number of carbonyl (C=O) groups excluding carboxylic acids is 2. The van der Waals surface area contributed by atoms with Gasteiger partial charge in [0.2, 0.25) is 21.8 Å². The third kappa shape index (κ3) is 7.65. The molecule has 6 rings (SSSR count). The molecule has 3 N–H and O–H groups in total. The molecule has 1 aliphatic heterocycles. The second-order valence-electron chi connectivity index (χ2n) is 12.4. The molecule has 1 saturated heterocycles. The number of carbonyl (C=O) groups is 2. The van der Waals surface area contributed by atoms with E-state index in [0.717, 1.165) is 30.5 Å². The van der Waals surface area contributed by atoms with Gasteiger partial charge in [-0.25, -0.2) is 26.0 Å². The van der Waals surface area contributed by atoms with Gasteiger partial charge in [0.1, 0.15) is 29.3 Å². The number of pyridine rings is 1. The lowest BCUT2D eigenvalue weighted by Crippen LogP contribution is -2.54. The summed E-state index contributed by atoms with van der Waals surface area (Å²) in [6, 6.07) is 5.86. The number of halogens is 4. The van der Waals surface area contributed by atoms with Crippen LogP contribution in [0.4, 0.5) is 23.2 Å². The molecule has 0 bridgehead atoms. The van der Waals surface area contributed by atoms with Crippen molar-refractivity contribution in [1.82, 2.24) is 19.9 Å². The van der Waals surface area contributed by atoms with Gasteiger partial charge in [-0.2, -0.15) is 4.31 Å². The zero-order chi connectivity index (χ0) is 33.3. The van der Waals surface area contributed by atoms with Crippen LogP contribution in [0.5, 0.6) is 0 Å². The summed E-state index contributed by atoms with van der Waals surface area (Å²) in [5.41, 5.74) is 0.408. The summed E-state index contributed by atoms with van der Waals surface area (Å²) >= 11 is 0. The number of rotatable bonds is 12. The van der Waals surface area contributed by atoms with Gasteiger partial charge in [0, 0.05) is 49.1 Å². The zero-order valence-electron chi connectivity index (χ0n) is 25.4. The molecule has 2 aromatic carbocycles. The normalized spacial score (nSPS) is 20.0. The van der Waals surface area contributed by atoms with Crippen molar-refractivity contribution in [3.05, 3.63) is 94.8 Å². The smallest absolute Gasteiger partial charge is 0.247 e. The van der Waals surface area contributed by atoms with Gasteiger partial charge < -0.3 is 16.0 Å². The molecule has 3 atom stereocenters. The van der Waals surface area contributed by atoms with Gasteiger partial charge in [-0.15, -0.1) is 0 Å². The van der Waals surface area contributed by atoms with Crippen molar-refractivity contribution < 1.29 is 35.6 Å². The summed E-state index contributed by atoms with van der Waals surface area (Å²) in [6.07, 6.45) is 5.01. The summed E-state index contributed by atoms with van der Waals surface area (Å²) < 4.78 is 85.8. The van der Waals surface area contributed by atoms with Gasteiger partial charge in [0.25, 0.3) is 0 Å². The number of amides is 2.